The third-order valence-electron chi connectivity index (χ3n) is 3.88. The summed E-state index contributed by atoms with van der Waals surface area (Å²) in [5, 5.41) is 0. The minimum Gasteiger partial charge on any atom is -0.290 e. The van der Waals surface area contributed by atoms with Crippen LogP contribution in [0, 0.1) is 6.92 Å². The van der Waals surface area contributed by atoms with Gasteiger partial charge in [-0.15, -0.1) is 0 Å². The summed E-state index contributed by atoms with van der Waals surface area (Å²) in [5.41, 5.74) is 3.90. The normalized spacial score (nSPS) is 11.9. The minimum absolute atomic E-state index is 0.384. The van der Waals surface area contributed by atoms with Crippen LogP contribution >= 0.6 is 0 Å². The van der Waals surface area contributed by atoms with Gasteiger partial charge in [0.15, 0.2) is 6.17 Å². The summed E-state index contributed by atoms with van der Waals surface area (Å²) in [5.74, 6) is -0.502. The van der Waals surface area contributed by atoms with E-state index in [9.17, 15) is 9.18 Å². The molecule has 3 rings (SSSR count). The summed E-state index contributed by atoms with van der Waals surface area (Å²) in [4.78, 5) is 12.2. The van der Waals surface area contributed by atoms with E-state index in [-0.39, 0.29) is 0 Å². The summed E-state index contributed by atoms with van der Waals surface area (Å²) >= 11 is 0. The Bertz CT molecular complexity index is 790. The average molecular weight is 304 g/mol. The summed E-state index contributed by atoms with van der Waals surface area (Å²) in [7, 11) is 0. The van der Waals surface area contributed by atoms with E-state index in [0.29, 0.717) is 11.1 Å². The monoisotopic (exact) mass is 304 g/mol. The van der Waals surface area contributed by atoms with Gasteiger partial charge in [-0.2, -0.15) is 0 Å². The first-order chi connectivity index (χ1) is 11.1. The Balaban J connectivity index is 1.81. The fourth-order valence-electron chi connectivity index (χ4n) is 2.49. The van der Waals surface area contributed by atoms with E-state index in [4.69, 9.17) is 0 Å². The van der Waals surface area contributed by atoms with E-state index in [0.717, 1.165) is 16.7 Å². The van der Waals surface area contributed by atoms with Crippen LogP contribution in [0.1, 0.15) is 27.7 Å². The lowest BCUT2D eigenvalue weighted by atomic mass is 9.98. The third kappa shape index (κ3) is 3.37. The van der Waals surface area contributed by atoms with Crippen LogP contribution in [0.5, 0.6) is 0 Å². The molecule has 0 N–H and O–H groups in total. The zero-order valence-electron chi connectivity index (χ0n) is 12.9. The molecular weight excluding hydrogens is 287 g/mol. The van der Waals surface area contributed by atoms with Crippen molar-refractivity contribution in [2.24, 2.45) is 0 Å². The van der Waals surface area contributed by atoms with Crippen LogP contribution in [0.25, 0.3) is 11.1 Å². The van der Waals surface area contributed by atoms with Crippen molar-refractivity contribution in [3.05, 3.63) is 95.6 Å². The standard InChI is InChI=1S/C21H17FO/c1-15-7-9-19(10-8-15)21(23)20(22)18-13-11-17(12-14-18)16-5-3-2-4-6-16/h2-14,20H,1H3. The maximum absolute atomic E-state index is 14.5. The van der Waals surface area contributed by atoms with Crippen molar-refractivity contribution in [1.82, 2.24) is 0 Å². The topological polar surface area (TPSA) is 17.1 Å². The van der Waals surface area contributed by atoms with E-state index in [1.54, 1.807) is 24.3 Å². The molecule has 0 aliphatic carbocycles. The van der Waals surface area contributed by atoms with Gasteiger partial charge in [0.2, 0.25) is 5.78 Å². The molecule has 0 fully saturated rings. The maximum Gasteiger partial charge on any atom is 0.201 e. The van der Waals surface area contributed by atoms with Crippen molar-refractivity contribution in [2.75, 3.05) is 0 Å². The number of ketones is 1. The molecule has 1 nitrogen and oxygen atoms in total. The summed E-state index contributed by atoms with van der Waals surface area (Å²) in [6.07, 6.45) is -1.64. The van der Waals surface area contributed by atoms with Crippen LogP contribution < -0.4 is 0 Å². The lowest BCUT2D eigenvalue weighted by molar-refractivity contribution is 0.0878. The highest BCUT2D eigenvalue weighted by Gasteiger charge is 2.21. The van der Waals surface area contributed by atoms with Gasteiger partial charge in [0.1, 0.15) is 0 Å². The van der Waals surface area contributed by atoms with Crippen molar-refractivity contribution in [2.45, 2.75) is 13.1 Å². The van der Waals surface area contributed by atoms with Gasteiger partial charge in [0.25, 0.3) is 0 Å². The number of benzene rings is 3. The Hall–Kier alpha value is -2.74. The number of alkyl halides is 1. The average Bonchev–Trinajstić information content (AvgIpc) is 2.62. The number of hydrogen-bond acceptors (Lipinski definition) is 1. The molecule has 0 radical (unpaired) electrons. The van der Waals surface area contributed by atoms with Crippen LogP contribution in [0.15, 0.2) is 78.9 Å². The lowest BCUT2D eigenvalue weighted by Crippen LogP contribution is -2.08. The Kier molecular flexibility index (Phi) is 4.33. The quantitative estimate of drug-likeness (QED) is 0.577. The maximum atomic E-state index is 14.5. The molecule has 0 aliphatic heterocycles. The molecule has 1 unspecified atom stereocenters. The van der Waals surface area contributed by atoms with E-state index in [2.05, 4.69) is 0 Å². The predicted molar refractivity (Wildman–Crippen MR) is 91.2 cm³/mol. The number of rotatable bonds is 4. The van der Waals surface area contributed by atoms with Gasteiger partial charge in [0.05, 0.1) is 0 Å². The molecule has 0 bridgehead atoms. The zero-order chi connectivity index (χ0) is 16.2. The third-order valence-corrected chi connectivity index (χ3v) is 3.88. The molecule has 0 amide bonds. The van der Waals surface area contributed by atoms with Crippen LogP contribution in [0.3, 0.4) is 0 Å². The van der Waals surface area contributed by atoms with Gasteiger partial charge < -0.3 is 0 Å². The van der Waals surface area contributed by atoms with Gasteiger partial charge in [-0.05, 0) is 23.6 Å². The first-order valence-electron chi connectivity index (χ1n) is 7.55. The second-order valence-electron chi connectivity index (χ2n) is 5.58. The predicted octanol–water partition coefficient (Wildman–Crippen LogP) is 5.56. The molecule has 0 aliphatic rings. The molecule has 0 spiro atoms. The van der Waals surface area contributed by atoms with Gasteiger partial charge in [-0.1, -0.05) is 84.4 Å². The molecule has 2 heteroatoms. The molecule has 3 aromatic carbocycles. The summed E-state index contributed by atoms with van der Waals surface area (Å²) < 4.78 is 14.5. The van der Waals surface area contributed by atoms with Crippen molar-refractivity contribution < 1.29 is 9.18 Å². The smallest absolute Gasteiger partial charge is 0.201 e. The van der Waals surface area contributed by atoms with Crippen LogP contribution in [0.4, 0.5) is 4.39 Å². The molecule has 114 valence electrons. The molecule has 3 aromatic rings. The van der Waals surface area contributed by atoms with Crippen LogP contribution in [-0.2, 0) is 0 Å². The van der Waals surface area contributed by atoms with Crippen LogP contribution in [-0.4, -0.2) is 5.78 Å². The molecule has 23 heavy (non-hydrogen) atoms. The van der Waals surface area contributed by atoms with E-state index >= 15 is 0 Å². The number of aryl methyl sites for hydroxylation is 1. The Morgan fingerprint density at radius 3 is 1.96 bits per heavy atom. The van der Waals surface area contributed by atoms with Crippen LogP contribution in [0.2, 0.25) is 0 Å². The molecule has 0 saturated heterocycles. The number of Topliss-reactive ketones (excluding diaryl/α,β-unsaturated/α-hetero) is 1. The Labute approximate surface area is 135 Å². The Morgan fingerprint density at radius 2 is 1.35 bits per heavy atom. The summed E-state index contributed by atoms with van der Waals surface area (Å²) in [6.45, 7) is 1.93. The molecule has 0 heterocycles. The van der Waals surface area contributed by atoms with Crippen molar-refractivity contribution in [1.29, 1.82) is 0 Å². The Morgan fingerprint density at radius 1 is 0.783 bits per heavy atom. The van der Waals surface area contributed by atoms with Crippen molar-refractivity contribution in [3.63, 3.8) is 0 Å². The lowest BCUT2D eigenvalue weighted by Gasteiger charge is -2.09. The number of carbonyl (C=O) groups is 1. The highest BCUT2D eigenvalue weighted by atomic mass is 19.1. The highest BCUT2D eigenvalue weighted by molar-refractivity contribution is 6.00. The molecule has 1 atom stereocenters. The fourth-order valence-corrected chi connectivity index (χ4v) is 2.49. The van der Waals surface area contributed by atoms with E-state index < -0.39 is 12.0 Å². The molecule has 0 aromatic heterocycles. The summed E-state index contributed by atoms with van der Waals surface area (Å²) in [6, 6.07) is 23.9. The SMILES string of the molecule is Cc1ccc(C(=O)C(F)c2ccc(-c3ccccc3)cc2)cc1. The number of carbonyl (C=O) groups excluding carboxylic acids is 1. The largest absolute Gasteiger partial charge is 0.290 e. The van der Waals surface area contributed by atoms with Gasteiger partial charge in [-0.25, -0.2) is 4.39 Å². The highest BCUT2D eigenvalue weighted by Crippen LogP contribution is 2.26. The van der Waals surface area contributed by atoms with Crippen molar-refractivity contribution in [3.8, 4) is 11.1 Å². The minimum atomic E-state index is -1.64. The fraction of sp³-hybridized carbons (Fsp3) is 0.0952. The zero-order valence-corrected chi connectivity index (χ0v) is 12.9. The first-order valence-corrected chi connectivity index (χ1v) is 7.55. The van der Waals surface area contributed by atoms with Gasteiger partial charge in [-0.3, -0.25) is 4.79 Å². The first kappa shape index (κ1) is 15.2. The number of halogens is 1. The van der Waals surface area contributed by atoms with E-state index in [1.807, 2.05) is 61.5 Å². The van der Waals surface area contributed by atoms with Gasteiger partial charge in [0, 0.05) is 5.56 Å². The number of hydrogen-bond donors (Lipinski definition) is 0. The second-order valence-corrected chi connectivity index (χ2v) is 5.58. The molecule has 0 saturated carbocycles. The molecular formula is C21H17FO. The second kappa shape index (κ2) is 6.57. The van der Waals surface area contributed by atoms with Gasteiger partial charge >= 0.3 is 0 Å². The van der Waals surface area contributed by atoms with E-state index in [1.165, 1.54) is 0 Å². The van der Waals surface area contributed by atoms with Crippen molar-refractivity contribution >= 4 is 5.78 Å².